The number of rotatable bonds is 5. The minimum atomic E-state index is -0.473. The van der Waals surface area contributed by atoms with Crippen molar-refractivity contribution in [2.24, 2.45) is 0 Å². The number of methoxy groups -OCH3 is 2. The molecule has 1 aliphatic carbocycles. The number of nitrogens with one attached hydrogen (secondary N) is 1. The maximum Gasteiger partial charge on any atom is 0.341 e. The molecule has 0 saturated carbocycles. The predicted octanol–water partition coefficient (Wildman–Crippen LogP) is 5.34. The summed E-state index contributed by atoms with van der Waals surface area (Å²) in [7, 11) is 2.87. The highest BCUT2D eigenvalue weighted by Crippen LogP contribution is 2.38. The van der Waals surface area contributed by atoms with E-state index in [1.807, 2.05) is 11.4 Å². The van der Waals surface area contributed by atoms with Gasteiger partial charge in [0.05, 0.1) is 19.8 Å². The fourth-order valence-corrected chi connectivity index (χ4v) is 4.82. The van der Waals surface area contributed by atoms with Crippen molar-refractivity contribution in [3.63, 3.8) is 0 Å². The Morgan fingerprint density at radius 2 is 1.77 bits per heavy atom. The van der Waals surface area contributed by atoms with E-state index in [0.717, 1.165) is 24.0 Å². The van der Waals surface area contributed by atoms with Gasteiger partial charge in [-0.1, -0.05) is 30.3 Å². The van der Waals surface area contributed by atoms with E-state index in [2.05, 4.69) is 17.4 Å². The van der Waals surface area contributed by atoms with Crippen molar-refractivity contribution in [3.8, 4) is 16.9 Å². The zero-order valence-electron chi connectivity index (χ0n) is 17.0. The monoisotopic (exact) mass is 421 g/mol. The van der Waals surface area contributed by atoms with E-state index in [9.17, 15) is 9.59 Å². The van der Waals surface area contributed by atoms with Gasteiger partial charge in [0.25, 0.3) is 5.91 Å². The largest absolute Gasteiger partial charge is 0.496 e. The lowest BCUT2D eigenvalue weighted by molar-refractivity contribution is 0.0603. The number of hydrogen-bond donors (Lipinski definition) is 1. The van der Waals surface area contributed by atoms with Gasteiger partial charge in [-0.05, 0) is 54.5 Å². The maximum atomic E-state index is 12.9. The minimum Gasteiger partial charge on any atom is -0.496 e. The first-order valence-electron chi connectivity index (χ1n) is 9.88. The van der Waals surface area contributed by atoms with Crippen LogP contribution < -0.4 is 10.1 Å². The molecule has 0 radical (unpaired) electrons. The van der Waals surface area contributed by atoms with E-state index >= 15 is 0 Å². The lowest BCUT2D eigenvalue weighted by Gasteiger charge is -2.17. The number of hydrogen-bond acceptors (Lipinski definition) is 5. The number of benzene rings is 2. The predicted molar refractivity (Wildman–Crippen MR) is 119 cm³/mol. The molecular formula is C24H23NO4S. The number of esters is 1. The van der Waals surface area contributed by atoms with Gasteiger partial charge in [-0.25, -0.2) is 4.79 Å². The molecule has 1 heterocycles. The Hall–Kier alpha value is -3.12. The van der Waals surface area contributed by atoms with Crippen LogP contribution in [0.25, 0.3) is 11.1 Å². The summed E-state index contributed by atoms with van der Waals surface area (Å²) in [5.41, 5.74) is 5.23. The molecule has 1 aliphatic rings. The number of para-hydroxylation sites is 1. The molecule has 30 heavy (non-hydrogen) atoms. The van der Waals surface area contributed by atoms with E-state index < -0.39 is 5.97 Å². The first-order valence-corrected chi connectivity index (χ1v) is 10.8. The third-order valence-corrected chi connectivity index (χ3v) is 6.31. The molecule has 154 valence electrons. The van der Waals surface area contributed by atoms with Crippen molar-refractivity contribution in [2.45, 2.75) is 25.7 Å². The second-order valence-corrected chi connectivity index (χ2v) is 8.07. The molecule has 1 N–H and O–H groups in total. The molecule has 1 aromatic heterocycles. The van der Waals surface area contributed by atoms with E-state index in [1.54, 1.807) is 24.3 Å². The van der Waals surface area contributed by atoms with Gasteiger partial charge in [-0.15, -0.1) is 11.3 Å². The zero-order chi connectivity index (χ0) is 21.1. The number of thiophene rings is 1. The smallest absolute Gasteiger partial charge is 0.341 e. The highest BCUT2D eigenvalue weighted by atomic mass is 32.1. The number of aryl methyl sites for hydroxylation is 2. The summed E-state index contributed by atoms with van der Waals surface area (Å²) in [6.45, 7) is 0. The van der Waals surface area contributed by atoms with E-state index in [1.165, 1.54) is 49.5 Å². The topological polar surface area (TPSA) is 64.6 Å². The van der Waals surface area contributed by atoms with E-state index in [4.69, 9.17) is 9.47 Å². The van der Waals surface area contributed by atoms with Crippen molar-refractivity contribution >= 4 is 28.2 Å². The van der Waals surface area contributed by atoms with Gasteiger partial charge >= 0.3 is 5.97 Å². The molecule has 0 fully saturated rings. The summed E-state index contributed by atoms with van der Waals surface area (Å²) in [6, 6.07) is 13.3. The van der Waals surface area contributed by atoms with Gasteiger partial charge in [0, 0.05) is 10.9 Å². The molecule has 6 heteroatoms. The van der Waals surface area contributed by atoms with Crippen molar-refractivity contribution in [2.75, 3.05) is 19.5 Å². The van der Waals surface area contributed by atoms with Gasteiger partial charge in [-0.2, -0.15) is 0 Å². The average Bonchev–Trinajstić information content (AvgIpc) is 3.21. The number of amides is 1. The summed E-state index contributed by atoms with van der Waals surface area (Å²) < 4.78 is 10.3. The van der Waals surface area contributed by atoms with Gasteiger partial charge in [0.2, 0.25) is 0 Å². The normalized spacial score (nSPS) is 12.7. The fourth-order valence-electron chi connectivity index (χ4n) is 3.87. The number of fused-ring (bicyclic) bond motifs is 1. The molecule has 0 bridgehead atoms. The van der Waals surface area contributed by atoms with Crippen LogP contribution in [-0.4, -0.2) is 26.1 Å². The van der Waals surface area contributed by atoms with Crippen molar-refractivity contribution in [1.82, 2.24) is 0 Å². The molecule has 3 aromatic rings. The maximum absolute atomic E-state index is 12.9. The van der Waals surface area contributed by atoms with Gasteiger partial charge in [0.1, 0.15) is 16.3 Å². The Balaban J connectivity index is 1.71. The highest BCUT2D eigenvalue weighted by Gasteiger charge is 2.24. The Morgan fingerprint density at radius 3 is 2.53 bits per heavy atom. The molecule has 4 rings (SSSR count). The second-order valence-electron chi connectivity index (χ2n) is 7.19. The standard InChI is InChI=1S/C24H23NO4S/c1-28-20-10-6-5-9-18(20)22(26)25-23-21(24(27)29-2)19(14-30-23)17-12-11-15-7-3-4-8-16(15)13-17/h5-6,9-14H,3-4,7-8H2,1-2H3,(H,25,26). The molecule has 0 spiro atoms. The Labute approximate surface area is 179 Å². The van der Waals surface area contributed by atoms with Crippen LogP contribution in [0.2, 0.25) is 0 Å². The second kappa shape index (κ2) is 8.71. The Bertz CT molecular complexity index is 1100. The summed E-state index contributed by atoms with van der Waals surface area (Å²) in [4.78, 5) is 25.5. The first-order chi connectivity index (χ1) is 14.6. The minimum absolute atomic E-state index is 0.337. The molecule has 1 amide bonds. The van der Waals surface area contributed by atoms with Crippen LogP contribution in [-0.2, 0) is 17.6 Å². The van der Waals surface area contributed by atoms with Crippen LogP contribution in [0.5, 0.6) is 5.75 Å². The van der Waals surface area contributed by atoms with Crippen LogP contribution >= 0.6 is 11.3 Å². The highest BCUT2D eigenvalue weighted by molar-refractivity contribution is 7.15. The van der Waals surface area contributed by atoms with Gasteiger partial charge in [-0.3, -0.25) is 4.79 Å². The third kappa shape index (κ3) is 3.83. The molecule has 0 unspecified atom stereocenters. The fraction of sp³-hybridized carbons (Fsp3) is 0.250. The van der Waals surface area contributed by atoms with Crippen LogP contribution in [0.4, 0.5) is 5.00 Å². The van der Waals surface area contributed by atoms with Crippen LogP contribution in [0.1, 0.15) is 44.7 Å². The molecule has 5 nitrogen and oxygen atoms in total. The third-order valence-electron chi connectivity index (χ3n) is 5.42. The van der Waals surface area contributed by atoms with Gasteiger partial charge < -0.3 is 14.8 Å². The molecular weight excluding hydrogens is 398 g/mol. The van der Waals surface area contributed by atoms with Crippen LogP contribution in [0.3, 0.4) is 0 Å². The summed E-state index contributed by atoms with van der Waals surface area (Å²) in [6.07, 6.45) is 4.56. The zero-order valence-corrected chi connectivity index (χ0v) is 17.8. The Morgan fingerprint density at radius 1 is 1.00 bits per heavy atom. The van der Waals surface area contributed by atoms with E-state index in [0.29, 0.717) is 21.9 Å². The first kappa shape index (κ1) is 20.2. The summed E-state index contributed by atoms with van der Waals surface area (Å²) >= 11 is 1.31. The average molecular weight is 422 g/mol. The van der Waals surface area contributed by atoms with Crippen LogP contribution in [0, 0.1) is 0 Å². The van der Waals surface area contributed by atoms with E-state index in [-0.39, 0.29) is 5.91 Å². The molecule has 0 atom stereocenters. The Kier molecular flexibility index (Phi) is 5.86. The van der Waals surface area contributed by atoms with Crippen molar-refractivity contribution in [3.05, 3.63) is 70.1 Å². The van der Waals surface area contributed by atoms with Crippen LogP contribution in [0.15, 0.2) is 47.8 Å². The number of anilines is 1. The van der Waals surface area contributed by atoms with Gasteiger partial charge in [0.15, 0.2) is 0 Å². The lowest BCUT2D eigenvalue weighted by atomic mass is 9.89. The molecule has 0 saturated heterocycles. The molecule has 2 aromatic carbocycles. The number of carbonyl (C=O) groups is 2. The van der Waals surface area contributed by atoms with Crippen molar-refractivity contribution in [1.29, 1.82) is 0 Å². The lowest BCUT2D eigenvalue weighted by Crippen LogP contribution is -2.15. The SMILES string of the molecule is COC(=O)c1c(-c2ccc3c(c2)CCCC3)csc1NC(=O)c1ccccc1OC. The summed E-state index contributed by atoms with van der Waals surface area (Å²) in [5.74, 6) is -0.336. The summed E-state index contributed by atoms with van der Waals surface area (Å²) in [5, 5.41) is 5.23. The number of carbonyl (C=O) groups excluding carboxylic acids is 2. The molecule has 0 aliphatic heterocycles. The quantitative estimate of drug-likeness (QED) is 0.565. The van der Waals surface area contributed by atoms with Crippen molar-refractivity contribution < 1.29 is 19.1 Å². The number of ether oxygens (including phenoxy) is 2.